The highest BCUT2D eigenvalue weighted by molar-refractivity contribution is 5.91. The summed E-state index contributed by atoms with van der Waals surface area (Å²) in [5, 5.41) is 55.1. The first-order valence-electron chi connectivity index (χ1n) is 21.7. The highest BCUT2D eigenvalue weighted by Gasteiger charge is 2.61. The Bertz CT molecular complexity index is 1480. The third-order valence-corrected chi connectivity index (χ3v) is 13.5. The highest BCUT2D eigenvalue weighted by atomic mass is 16.7. The number of esters is 1. The molecule has 3 unspecified atom stereocenters. The van der Waals surface area contributed by atoms with Gasteiger partial charge in [-0.2, -0.15) is 0 Å². The molecule has 18 atom stereocenters. The van der Waals surface area contributed by atoms with Crippen LogP contribution in [0.1, 0.15) is 121 Å². The molecule has 2 saturated heterocycles. The molecule has 0 aromatic heterocycles. The normalized spacial score (nSPS) is 45.6. The standard InChI is InChI=1S/C46H74O12/c1-12-33-18-16-14-15-17-26(4)43(53)45(11,55)44(54)32(10)41(52)31(9)40(51)30(8)39(50)25(3)19-22-38(49)56-42-29(7)35(21-20-33)57-46(34(42)13-2)37(48)23-27(5)36(58-46)24-28(6)47/h14-16,18-19,22,25-36,39,41-43,47,50,52-53,55H,12-13,17,20-21,23-24H2,1-11H3/b15-14-,18-16-,22-19+/t25-,26+,27-,28+,29?,30-,31-,32-,33-,34-,35?,36-,39+,41+,42?,43-,45+,46+/m0/s1. The number of carbonyl (C=O) groups is 4. The van der Waals surface area contributed by atoms with Crippen molar-refractivity contribution in [1.29, 1.82) is 0 Å². The van der Waals surface area contributed by atoms with Crippen LogP contribution in [0.15, 0.2) is 36.5 Å². The van der Waals surface area contributed by atoms with Gasteiger partial charge < -0.3 is 39.7 Å². The van der Waals surface area contributed by atoms with Crippen LogP contribution in [-0.4, -0.2) is 103 Å². The molecule has 1 spiro atoms. The molecule has 12 nitrogen and oxygen atoms in total. The number of Topliss-reactive ketones (excluding diaryl/α,β-unsaturated/α-hetero) is 3. The Hall–Kier alpha value is -2.58. The number of hydrogen-bond acceptors (Lipinski definition) is 12. The quantitative estimate of drug-likeness (QED) is 0.225. The van der Waals surface area contributed by atoms with Gasteiger partial charge in [0.05, 0.1) is 42.5 Å². The van der Waals surface area contributed by atoms with Gasteiger partial charge >= 0.3 is 5.97 Å². The smallest absolute Gasteiger partial charge is 0.330 e. The van der Waals surface area contributed by atoms with Crippen molar-refractivity contribution in [1.82, 2.24) is 0 Å². The van der Waals surface area contributed by atoms with Gasteiger partial charge in [0.1, 0.15) is 17.5 Å². The van der Waals surface area contributed by atoms with Gasteiger partial charge in [-0.05, 0) is 70.1 Å². The maximum Gasteiger partial charge on any atom is 0.330 e. The minimum atomic E-state index is -2.21. The first kappa shape index (κ1) is 49.8. The van der Waals surface area contributed by atoms with E-state index in [1.54, 1.807) is 20.8 Å². The lowest BCUT2D eigenvalue weighted by molar-refractivity contribution is -0.347. The number of fused-ring (bicyclic) bond motifs is 2. The van der Waals surface area contributed by atoms with Crippen LogP contribution >= 0.6 is 0 Å². The summed E-state index contributed by atoms with van der Waals surface area (Å²) < 4.78 is 19.7. The zero-order valence-electron chi connectivity index (χ0n) is 36.7. The predicted molar refractivity (Wildman–Crippen MR) is 220 cm³/mol. The summed E-state index contributed by atoms with van der Waals surface area (Å²) in [5.41, 5.74) is -2.21. The Morgan fingerprint density at radius 1 is 0.828 bits per heavy atom. The summed E-state index contributed by atoms with van der Waals surface area (Å²) in [6.45, 7) is 18.5. The molecule has 2 fully saturated rings. The summed E-state index contributed by atoms with van der Waals surface area (Å²) in [4.78, 5) is 54.8. The Morgan fingerprint density at radius 2 is 1.47 bits per heavy atom. The Labute approximate surface area is 346 Å². The third kappa shape index (κ3) is 11.4. The molecule has 0 aliphatic carbocycles. The molecule has 0 amide bonds. The lowest BCUT2D eigenvalue weighted by atomic mass is 9.72. The average molecular weight is 819 g/mol. The van der Waals surface area contributed by atoms with E-state index in [9.17, 15) is 44.7 Å². The number of allylic oxidation sites excluding steroid dienone is 4. The van der Waals surface area contributed by atoms with Crippen molar-refractivity contribution in [3.63, 3.8) is 0 Å². The highest BCUT2D eigenvalue weighted by Crippen LogP contribution is 2.48. The average Bonchev–Trinajstić information content (AvgIpc) is 3.18. The Balaban J connectivity index is 2.05. The third-order valence-electron chi connectivity index (χ3n) is 13.5. The molecule has 0 aromatic carbocycles. The van der Waals surface area contributed by atoms with E-state index >= 15 is 0 Å². The monoisotopic (exact) mass is 819 g/mol. The fourth-order valence-electron chi connectivity index (χ4n) is 9.21. The molecule has 0 saturated carbocycles. The topological polar surface area (TPSA) is 197 Å². The van der Waals surface area contributed by atoms with Crippen LogP contribution in [0.5, 0.6) is 0 Å². The minimum absolute atomic E-state index is 0.132. The van der Waals surface area contributed by atoms with Crippen molar-refractivity contribution >= 4 is 23.3 Å². The number of rotatable bonds is 4. The van der Waals surface area contributed by atoms with E-state index in [4.69, 9.17) is 14.2 Å². The molecule has 3 rings (SSSR count). The summed E-state index contributed by atoms with van der Waals surface area (Å²) in [5.74, 6) is -9.45. The van der Waals surface area contributed by atoms with Gasteiger partial charge in [0.15, 0.2) is 11.6 Å². The lowest BCUT2D eigenvalue weighted by Crippen LogP contribution is -2.67. The lowest BCUT2D eigenvalue weighted by Gasteiger charge is -2.54. The Kier molecular flexibility index (Phi) is 18.3. The molecule has 3 aliphatic heterocycles. The first-order valence-corrected chi connectivity index (χ1v) is 21.7. The second-order valence-electron chi connectivity index (χ2n) is 18.1. The molecule has 58 heavy (non-hydrogen) atoms. The van der Waals surface area contributed by atoms with Crippen molar-refractivity contribution in [2.24, 2.45) is 53.3 Å². The van der Waals surface area contributed by atoms with Gasteiger partial charge in [-0.25, -0.2) is 4.79 Å². The molecular weight excluding hydrogens is 744 g/mol. The van der Waals surface area contributed by atoms with Crippen molar-refractivity contribution in [2.75, 3.05) is 0 Å². The van der Waals surface area contributed by atoms with E-state index in [0.717, 1.165) is 6.42 Å². The molecule has 0 radical (unpaired) electrons. The number of hydrogen-bond donors (Lipinski definition) is 5. The van der Waals surface area contributed by atoms with Crippen LogP contribution in [0.4, 0.5) is 0 Å². The van der Waals surface area contributed by atoms with Crippen LogP contribution in [0.25, 0.3) is 0 Å². The second kappa shape index (κ2) is 21.3. The van der Waals surface area contributed by atoms with E-state index in [-0.39, 0.29) is 30.0 Å². The molecule has 330 valence electrons. The molecule has 5 N–H and O–H groups in total. The summed E-state index contributed by atoms with van der Waals surface area (Å²) >= 11 is 0. The van der Waals surface area contributed by atoms with Crippen LogP contribution in [0.2, 0.25) is 0 Å². The van der Waals surface area contributed by atoms with E-state index in [2.05, 4.69) is 13.0 Å². The number of ketones is 3. The predicted octanol–water partition coefficient (Wildman–Crippen LogP) is 5.45. The maximum atomic E-state index is 14.1. The molecular formula is C46H74O12. The Morgan fingerprint density at radius 3 is 2.07 bits per heavy atom. The SMILES string of the molecule is CC[C@H]1/C=C\C=C/C[C@@H](C)[C@H](O)[C@@](C)(O)C(=O)[C@@H](C)[C@H](O)[C@@H](C)C(=O)[C@@H](C)[C@H](O)[C@@H](C)/C=C/C(=O)OC2C(C)C(CC1)O[C@@]1(O[C@@H](C[C@@H](C)O)[C@@H](C)CC1=O)[C@H]2CC. The minimum Gasteiger partial charge on any atom is -0.458 e. The van der Waals surface area contributed by atoms with Crippen molar-refractivity contribution in [2.45, 2.75) is 175 Å². The van der Waals surface area contributed by atoms with Gasteiger partial charge in [0, 0.05) is 42.1 Å². The van der Waals surface area contributed by atoms with Crippen LogP contribution in [0, 0.1) is 53.3 Å². The number of carbonyl (C=O) groups excluding carboxylic acids is 4. The van der Waals surface area contributed by atoms with E-state index in [1.807, 2.05) is 39.0 Å². The summed E-state index contributed by atoms with van der Waals surface area (Å²) in [7, 11) is 0. The fraction of sp³-hybridized carbons (Fsp3) is 0.783. The van der Waals surface area contributed by atoms with Crippen molar-refractivity contribution < 1.29 is 58.9 Å². The maximum absolute atomic E-state index is 14.1. The van der Waals surface area contributed by atoms with Gasteiger partial charge in [0.2, 0.25) is 5.79 Å². The first-order chi connectivity index (χ1) is 27.0. The summed E-state index contributed by atoms with van der Waals surface area (Å²) in [6, 6.07) is 0. The number of aliphatic hydroxyl groups excluding tert-OH is 4. The van der Waals surface area contributed by atoms with Gasteiger partial charge in [0.25, 0.3) is 0 Å². The number of ether oxygens (including phenoxy) is 3. The van der Waals surface area contributed by atoms with E-state index < -0.39 is 107 Å². The molecule has 2 bridgehead atoms. The largest absolute Gasteiger partial charge is 0.458 e. The molecule has 3 heterocycles. The van der Waals surface area contributed by atoms with E-state index in [0.29, 0.717) is 32.1 Å². The molecule has 12 heteroatoms. The summed E-state index contributed by atoms with van der Waals surface area (Å²) in [6.07, 6.45) is 7.01. The van der Waals surface area contributed by atoms with Gasteiger partial charge in [-0.3, -0.25) is 14.4 Å². The zero-order valence-corrected chi connectivity index (χ0v) is 36.7. The second-order valence-corrected chi connectivity index (χ2v) is 18.1. The van der Waals surface area contributed by atoms with E-state index in [1.165, 1.54) is 39.8 Å². The van der Waals surface area contributed by atoms with Crippen molar-refractivity contribution in [3.05, 3.63) is 36.5 Å². The molecule has 3 aliphatic rings. The fourth-order valence-corrected chi connectivity index (χ4v) is 9.21. The van der Waals surface area contributed by atoms with Gasteiger partial charge in [-0.15, -0.1) is 0 Å². The van der Waals surface area contributed by atoms with Gasteiger partial charge in [-0.1, -0.05) is 92.7 Å². The number of aliphatic hydroxyl groups is 5. The van der Waals surface area contributed by atoms with Crippen LogP contribution in [0.3, 0.4) is 0 Å². The van der Waals surface area contributed by atoms with Crippen LogP contribution < -0.4 is 0 Å². The van der Waals surface area contributed by atoms with Crippen LogP contribution in [-0.2, 0) is 33.4 Å². The zero-order chi connectivity index (χ0) is 43.9. The molecule has 0 aromatic rings. The van der Waals surface area contributed by atoms with Crippen molar-refractivity contribution in [3.8, 4) is 0 Å².